The number of rotatable bonds is 7. The van der Waals surface area contributed by atoms with Crippen molar-refractivity contribution in [3.8, 4) is 0 Å². The minimum absolute atomic E-state index is 0.132. The molecule has 4 rings (SSSR count). The topological polar surface area (TPSA) is 40.7 Å². The molecule has 31 heavy (non-hydrogen) atoms. The van der Waals surface area contributed by atoms with Crippen LogP contribution >= 0.6 is 0 Å². The SMILES string of the molecule is CC1=CC(CNCc2ccccc2F)C(C(C)C)CC1Cc1nc2c(C)cccc2[nH]1. The lowest BCUT2D eigenvalue weighted by atomic mass is 9.70. The standard InChI is InChI=1S/C27H34FN3/c1-17(2)23-13-21(14-26-30-25-11-7-8-18(3)27(25)31-26)19(4)12-22(23)16-29-15-20-9-5-6-10-24(20)28/h5-12,17,21-23,29H,13-16H2,1-4H3,(H,30,31). The number of para-hydroxylation sites is 1. The van der Waals surface area contributed by atoms with Crippen molar-refractivity contribution < 1.29 is 4.39 Å². The molecule has 1 aliphatic rings. The fourth-order valence-electron chi connectivity index (χ4n) is 5.08. The summed E-state index contributed by atoms with van der Waals surface area (Å²) >= 11 is 0. The minimum atomic E-state index is -0.132. The van der Waals surface area contributed by atoms with Crippen molar-refractivity contribution in [3.05, 3.63) is 76.9 Å². The Kier molecular flexibility index (Phi) is 6.57. The summed E-state index contributed by atoms with van der Waals surface area (Å²) in [5, 5.41) is 3.50. The first-order chi connectivity index (χ1) is 14.9. The van der Waals surface area contributed by atoms with Crippen LogP contribution in [0.4, 0.5) is 4.39 Å². The lowest BCUT2D eigenvalue weighted by Crippen LogP contribution is -2.34. The molecule has 3 unspecified atom stereocenters. The van der Waals surface area contributed by atoms with Crippen molar-refractivity contribution in [2.24, 2.45) is 23.7 Å². The second kappa shape index (κ2) is 9.35. The third-order valence-electron chi connectivity index (χ3n) is 6.94. The number of imidazole rings is 1. The Morgan fingerprint density at radius 2 is 1.94 bits per heavy atom. The molecule has 2 aromatic carbocycles. The number of H-pyrrole nitrogens is 1. The number of fused-ring (bicyclic) bond motifs is 1. The van der Waals surface area contributed by atoms with E-state index >= 15 is 0 Å². The summed E-state index contributed by atoms with van der Waals surface area (Å²) in [5.74, 6) is 3.14. The molecular weight excluding hydrogens is 385 g/mol. The fourth-order valence-corrected chi connectivity index (χ4v) is 5.08. The third kappa shape index (κ3) is 4.90. The summed E-state index contributed by atoms with van der Waals surface area (Å²) in [4.78, 5) is 8.42. The molecule has 3 nitrogen and oxygen atoms in total. The van der Waals surface area contributed by atoms with Gasteiger partial charge < -0.3 is 10.3 Å². The van der Waals surface area contributed by atoms with E-state index in [4.69, 9.17) is 4.98 Å². The predicted molar refractivity (Wildman–Crippen MR) is 126 cm³/mol. The number of halogens is 1. The highest BCUT2D eigenvalue weighted by Gasteiger charge is 2.32. The van der Waals surface area contributed by atoms with E-state index in [9.17, 15) is 4.39 Å². The van der Waals surface area contributed by atoms with Crippen LogP contribution in [0.15, 0.2) is 54.1 Å². The molecular formula is C27H34FN3. The highest BCUT2D eigenvalue weighted by Crippen LogP contribution is 2.38. The van der Waals surface area contributed by atoms with Crippen LogP contribution in [0.5, 0.6) is 0 Å². The molecule has 0 aliphatic heterocycles. The van der Waals surface area contributed by atoms with Crippen molar-refractivity contribution in [2.75, 3.05) is 6.54 Å². The van der Waals surface area contributed by atoms with Gasteiger partial charge in [0.05, 0.1) is 11.0 Å². The molecule has 0 saturated heterocycles. The van der Waals surface area contributed by atoms with Gasteiger partial charge >= 0.3 is 0 Å². The van der Waals surface area contributed by atoms with Gasteiger partial charge in [0, 0.05) is 25.1 Å². The number of aromatic amines is 1. The Labute approximate surface area is 185 Å². The quantitative estimate of drug-likeness (QED) is 0.448. The molecule has 1 aromatic heterocycles. The second-order valence-corrected chi connectivity index (χ2v) is 9.50. The Morgan fingerprint density at radius 3 is 2.68 bits per heavy atom. The van der Waals surface area contributed by atoms with Gasteiger partial charge in [-0.25, -0.2) is 9.37 Å². The highest BCUT2D eigenvalue weighted by atomic mass is 19.1. The van der Waals surface area contributed by atoms with E-state index in [1.54, 1.807) is 6.07 Å². The number of nitrogens with one attached hydrogen (secondary N) is 2. The molecule has 0 radical (unpaired) electrons. The summed E-state index contributed by atoms with van der Waals surface area (Å²) in [6.45, 7) is 10.5. The Hall–Kier alpha value is -2.46. The van der Waals surface area contributed by atoms with E-state index in [1.165, 1.54) is 23.6 Å². The van der Waals surface area contributed by atoms with Crippen molar-refractivity contribution >= 4 is 11.0 Å². The maximum absolute atomic E-state index is 13.9. The molecule has 0 fully saturated rings. The van der Waals surface area contributed by atoms with E-state index in [-0.39, 0.29) is 5.82 Å². The average Bonchev–Trinajstić information content (AvgIpc) is 3.15. The van der Waals surface area contributed by atoms with Gasteiger partial charge in [-0.3, -0.25) is 0 Å². The van der Waals surface area contributed by atoms with Gasteiger partial charge in [0.2, 0.25) is 0 Å². The molecule has 4 heteroatoms. The van der Waals surface area contributed by atoms with Gasteiger partial charge in [-0.2, -0.15) is 0 Å². The molecule has 3 aromatic rings. The Bertz CT molecular complexity index is 1070. The van der Waals surface area contributed by atoms with Gasteiger partial charge in [0.25, 0.3) is 0 Å². The number of hydrogen-bond donors (Lipinski definition) is 2. The van der Waals surface area contributed by atoms with Gasteiger partial charge in [0.1, 0.15) is 11.6 Å². The fraction of sp³-hybridized carbons (Fsp3) is 0.444. The monoisotopic (exact) mass is 419 g/mol. The number of hydrogen-bond acceptors (Lipinski definition) is 2. The van der Waals surface area contributed by atoms with Crippen LogP contribution in [0.1, 0.15) is 44.1 Å². The molecule has 0 bridgehead atoms. The van der Waals surface area contributed by atoms with Crippen molar-refractivity contribution in [1.29, 1.82) is 0 Å². The molecule has 0 amide bonds. The number of aromatic nitrogens is 2. The summed E-state index contributed by atoms with van der Waals surface area (Å²) in [6, 6.07) is 13.3. The number of nitrogens with zero attached hydrogens (tertiary/aromatic N) is 1. The minimum Gasteiger partial charge on any atom is -0.342 e. The van der Waals surface area contributed by atoms with Crippen LogP contribution < -0.4 is 5.32 Å². The lowest BCUT2D eigenvalue weighted by molar-refractivity contribution is 0.221. The molecule has 164 valence electrons. The summed E-state index contributed by atoms with van der Waals surface area (Å²) < 4.78 is 13.9. The summed E-state index contributed by atoms with van der Waals surface area (Å²) in [5.41, 5.74) is 5.62. The molecule has 0 saturated carbocycles. The summed E-state index contributed by atoms with van der Waals surface area (Å²) in [7, 11) is 0. The number of benzene rings is 2. The zero-order chi connectivity index (χ0) is 22.0. The van der Waals surface area contributed by atoms with Crippen LogP contribution in [0.2, 0.25) is 0 Å². The van der Waals surface area contributed by atoms with Crippen LogP contribution in [0.25, 0.3) is 11.0 Å². The van der Waals surface area contributed by atoms with E-state index < -0.39 is 0 Å². The normalized spacial score (nSPS) is 21.6. The molecule has 0 spiro atoms. The Balaban J connectivity index is 1.45. The maximum Gasteiger partial charge on any atom is 0.127 e. The van der Waals surface area contributed by atoms with Gasteiger partial charge in [-0.15, -0.1) is 0 Å². The largest absolute Gasteiger partial charge is 0.342 e. The molecule has 3 atom stereocenters. The molecule has 1 aliphatic carbocycles. The second-order valence-electron chi connectivity index (χ2n) is 9.50. The lowest BCUT2D eigenvalue weighted by Gasteiger charge is -2.37. The zero-order valence-corrected chi connectivity index (χ0v) is 19.1. The van der Waals surface area contributed by atoms with Crippen LogP contribution in [0.3, 0.4) is 0 Å². The van der Waals surface area contributed by atoms with E-state index in [1.807, 2.05) is 12.1 Å². The zero-order valence-electron chi connectivity index (χ0n) is 19.1. The predicted octanol–water partition coefficient (Wildman–Crippen LogP) is 6.20. The van der Waals surface area contributed by atoms with Crippen LogP contribution in [-0.4, -0.2) is 16.5 Å². The van der Waals surface area contributed by atoms with Crippen molar-refractivity contribution in [3.63, 3.8) is 0 Å². The van der Waals surface area contributed by atoms with E-state index in [0.717, 1.165) is 35.4 Å². The average molecular weight is 420 g/mol. The molecule has 2 N–H and O–H groups in total. The summed E-state index contributed by atoms with van der Waals surface area (Å²) in [6.07, 6.45) is 4.58. The van der Waals surface area contributed by atoms with Crippen molar-refractivity contribution in [2.45, 2.75) is 47.1 Å². The van der Waals surface area contributed by atoms with Crippen LogP contribution in [-0.2, 0) is 13.0 Å². The van der Waals surface area contributed by atoms with Crippen LogP contribution in [0, 0.1) is 36.4 Å². The molecule has 1 heterocycles. The highest BCUT2D eigenvalue weighted by molar-refractivity contribution is 5.78. The third-order valence-corrected chi connectivity index (χ3v) is 6.94. The van der Waals surface area contributed by atoms with Gasteiger partial charge in [0.15, 0.2) is 0 Å². The first-order valence-corrected chi connectivity index (χ1v) is 11.5. The van der Waals surface area contributed by atoms with Gasteiger partial charge in [-0.05, 0) is 61.6 Å². The smallest absolute Gasteiger partial charge is 0.127 e. The first-order valence-electron chi connectivity index (χ1n) is 11.5. The first kappa shape index (κ1) is 21.8. The van der Waals surface area contributed by atoms with Crippen molar-refractivity contribution in [1.82, 2.24) is 15.3 Å². The van der Waals surface area contributed by atoms with Gasteiger partial charge in [-0.1, -0.05) is 55.8 Å². The maximum atomic E-state index is 13.9. The van der Waals surface area contributed by atoms with E-state index in [0.29, 0.717) is 30.2 Å². The number of aryl methyl sites for hydroxylation is 1. The number of allylic oxidation sites excluding steroid dienone is 1. The Morgan fingerprint density at radius 1 is 1.13 bits per heavy atom. The van der Waals surface area contributed by atoms with E-state index in [2.05, 4.69) is 62.3 Å².